The van der Waals surface area contributed by atoms with Gasteiger partial charge in [0.25, 0.3) is 0 Å². The normalized spacial score (nSPS) is 13.2. The van der Waals surface area contributed by atoms with Crippen molar-refractivity contribution < 1.29 is 53.3 Å². The molecule has 0 aromatic carbocycles. The molecule has 0 heterocycles. The zero-order valence-corrected chi connectivity index (χ0v) is 22.3. The Balaban J connectivity index is 5.34. The molecule has 9 N–H and O–H groups in total. The molecule has 0 saturated heterocycles. The Labute approximate surface area is 223 Å². The molecule has 17 nitrogen and oxygen atoms in total. The van der Waals surface area contributed by atoms with Crippen LogP contribution in [0.1, 0.15) is 47.5 Å². The fourth-order valence-electron chi connectivity index (χ4n) is 2.85. The van der Waals surface area contributed by atoms with Gasteiger partial charge in [-0.15, -0.1) is 0 Å². The van der Waals surface area contributed by atoms with Crippen molar-refractivity contribution in [3.05, 3.63) is 0 Å². The van der Waals surface area contributed by atoms with E-state index in [1.165, 1.54) is 0 Å². The summed E-state index contributed by atoms with van der Waals surface area (Å²) in [5.74, 6) is -8.32. The Morgan fingerprint density at radius 2 is 1.26 bits per heavy atom. The number of carboxylic acids is 2. The molecule has 3 unspecified atom stereocenters. The van der Waals surface area contributed by atoms with E-state index in [0.717, 1.165) is 0 Å². The van der Waals surface area contributed by atoms with Gasteiger partial charge >= 0.3 is 18.0 Å². The number of hydrogen-bond acceptors (Lipinski definition) is 9. The Morgan fingerprint density at radius 3 is 1.69 bits per heavy atom. The lowest BCUT2D eigenvalue weighted by Crippen LogP contribution is -2.57. The van der Waals surface area contributed by atoms with Gasteiger partial charge in [-0.3, -0.25) is 33.6 Å². The second kappa shape index (κ2) is 15.7. The fourth-order valence-corrected chi connectivity index (χ4v) is 2.85. The molecule has 0 bridgehead atoms. The van der Waals surface area contributed by atoms with Crippen LogP contribution in [0.5, 0.6) is 0 Å². The van der Waals surface area contributed by atoms with Crippen LogP contribution in [0.25, 0.3) is 0 Å². The number of carbonyl (C=O) groups is 8. The first-order valence-corrected chi connectivity index (χ1v) is 11.7. The summed E-state index contributed by atoms with van der Waals surface area (Å²) in [6.07, 6.45) is -2.45. The molecule has 0 aromatic heterocycles. The van der Waals surface area contributed by atoms with Gasteiger partial charge in [-0.05, 0) is 26.7 Å². The third kappa shape index (κ3) is 15.4. The fraction of sp³-hybridized carbons (Fsp3) is 0.636. The van der Waals surface area contributed by atoms with Crippen molar-refractivity contribution in [2.24, 2.45) is 11.7 Å². The summed E-state index contributed by atoms with van der Waals surface area (Å²) in [5, 5.41) is 28.3. The van der Waals surface area contributed by atoms with Gasteiger partial charge in [0.15, 0.2) is 0 Å². The summed E-state index contributed by atoms with van der Waals surface area (Å²) in [6, 6.07) is -4.39. The monoisotopic (exact) mass is 560 g/mol. The van der Waals surface area contributed by atoms with Gasteiger partial charge < -0.3 is 47.3 Å². The zero-order chi connectivity index (χ0) is 30.5. The molecule has 6 amide bonds. The number of ether oxygens (including phenoxy) is 1. The van der Waals surface area contributed by atoms with Gasteiger partial charge in [0.05, 0.1) is 19.4 Å². The predicted octanol–water partition coefficient (Wildman–Crippen LogP) is -2.83. The van der Waals surface area contributed by atoms with E-state index < -0.39 is 103 Å². The summed E-state index contributed by atoms with van der Waals surface area (Å²) < 4.78 is 5.13. The van der Waals surface area contributed by atoms with Gasteiger partial charge in [0, 0.05) is 0 Å². The van der Waals surface area contributed by atoms with Crippen LogP contribution < -0.4 is 32.3 Å². The van der Waals surface area contributed by atoms with Crippen LogP contribution in [0.4, 0.5) is 4.79 Å². The molecule has 0 aliphatic carbocycles. The number of alkyl carbamates (subject to hydrolysis) is 1. The third-order valence-corrected chi connectivity index (χ3v) is 4.53. The zero-order valence-electron chi connectivity index (χ0n) is 22.3. The minimum atomic E-state index is -1.65. The number of aliphatic carboxylic acids is 2. The Kier molecular flexibility index (Phi) is 13.9. The first kappa shape index (κ1) is 34.6. The summed E-state index contributed by atoms with van der Waals surface area (Å²) in [4.78, 5) is 94.9. The number of carbonyl (C=O) groups excluding carboxylic acids is 6. The van der Waals surface area contributed by atoms with Gasteiger partial charge in [-0.25, -0.2) is 4.79 Å². The maximum atomic E-state index is 12.8. The van der Waals surface area contributed by atoms with Crippen molar-refractivity contribution in [1.29, 1.82) is 0 Å². The Morgan fingerprint density at radius 1 is 0.744 bits per heavy atom. The molecular weight excluding hydrogens is 524 g/mol. The number of hydrogen-bond donors (Lipinski definition) is 8. The summed E-state index contributed by atoms with van der Waals surface area (Å²) in [6.45, 7) is 6.43. The highest BCUT2D eigenvalue weighted by molar-refractivity contribution is 5.96. The first-order valence-electron chi connectivity index (χ1n) is 11.7. The maximum Gasteiger partial charge on any atom is 0.408 e. The summed E-state index contributed by atoms with van der Waals surface area (Å²) in [7, 11) is 0. The molecule has 0 aliphatic heterocycles. The first-order chi connectivity index (χ1) is 17.8. The Bertz CT molecular complexity index is 961. The van der Waals surface area contributed by atoms with Crippen molar-refractivity contribution in [2.45, 2.75) is 71.2 Å². The molecule has 3 atom stereocenters. The van der Waals surface area contributed by atoms with Gasteiger partial charge in [0.1, 0.15) is 30.3 Å². The van der Waals surface area contributed by atoms with Gasteiger partial charge in [-0.1, -0.05) is 13.8 Å². The highest BCUT2D eigenvalue weighted by Crippen LogP contribution is 2.09. The van der Waals surface area contributed by atoms with Crippen molar-refractivity contribution >= 4 is 47.6 Å². The highest BCUT2D eigenvalue weighted by Gasteiger charge is 2.31. The van der Waals surface area contributed by atoms with Crippen LogP contribution >= 0.6 is 0 Å². The quantitative estimate of drug-likeness (QED) is 0.101. The molecule has 0 spiro atoms. The lowest BCUT2D eigenvalue weighted by Gasteiger charge is -2.26. The van der Waals surface area contributed by atoms with Crippen molar-refractivity contribution in [1.82, 2.24) is 26.6 Å². The van der Waals surface area contributed by atoms with E-state index in [4.69, 9.17) is 20.7 Å². The largest absolute Gasteiger partial charge is 0.481 e. The smallest absolute Gasteiger partial charge is 0.408 e. The third-order valence-electron chi connectivity index (χ3n) is 4.53. The number of carboxylic acid groups (broad SMARTS) is 2. The number of amides is 6. The maximum absolute atomic E-state index is 12.8. The van der Waals surface area contributed by atoms with Crippen LogP contribution in [-0.4, -0.2) is 94.6 Å². The SMILES string of the molecule is CC(C)C(NC(=O)OC(C)(C)C)C(=O)NC(CC(N)=O)C(=O)NCC(=O)NC(CC(=O)O)C(=O)NCC(=O)O. The number of nitrogens with one attached hydrogen (secondary N) is 5. The molecule has 220 valence electrons. The number of primary amides is 1. The summed E-state index contributed by atoms with van der Waals surface area (Å²) in [5.41, 5.74) is 4.31. The molecule has 39 heavy (non-hydrogen) atoms. The number of nitrogens with two attached hydrogens (primary N) is 1. The van der Waals surface area contributed by atoms with E-state index in [-0.39, 0.29) is 0 Å². The van der Waals surface area contributed by atoms with E-state index in [9.17, 15) is 38.4 Å². The molecule has 0 radical (unpaired) electrons. The van der Waals surface area contributed by atoms with Crippen LogP contribution in [0.2, 0.25) is 0 Å². The number of rotatable bonds is 15. The lowest BCUT2D eigenvalue weighted by molar-refractivity contribution is -0.141. The lowest BCUT2D eigenvalue weighted by atomic mass is 10.0. The van der Waals surface area contributed by atoms with E-state index in [2.05, 4.69) is 16.0 Å². The van der Waals surface area contributed by atoms with Crippen LogP contribution in [0, 0.1) is 5.92 Å². The van der Waals surface area contributed by atoms with E-state index in [1.54, 1.807) is 34.6 Å². The topological polar surface area (TPSA) is 272 Å². The average Bonchev–Trinajstić information content (AvgIpc) is 2.76. The van der Waals surface area contributed by atoms with E-state index >= 15 is 0 Å². The molecule has 17 heteroatoms. The molecule has 0 aliphatic rings. The second-order valence-corrected chi connectivity index (χ2v) is 9.65. The van der Waals surface area contributed by atoms with Crippen LogP contribution in [-0.2, 0) is 38.3 Å². The average molecular weight is 561 g/mol. The molecule has 0 fully saturated rings. The van der Waals surface area contributed by atoms with Crippen molar-refractivity contribution in [3.63, 3.8) is 0 Å². The predicted molar refractivity (Wildman–Crippen MR) is 132 cm³/mol. The molecule has 0 saturated carbocycles. The molecular formula is C22H36N6O11. The Hall–Kier alpha value is -4.44. The molecule has 0 rings (SSSR count). The van der Waals surface area contributed by atoms with Crippen LogP contribution in [0.15, 0.2) is 0 Å². The van der Waals surface area contributed by atoms with Crippen LogP contribution in [0.3, 0.4) is 0 Å². The van der Waals surface area contributed by atoms with Crippen molar-refractivity contribution in [2.75, 3.05) is 13.1 Å². The van der Waals surface area contributed by atoms with Gasteiger partial charge in [0.2, 0.25) is 29.5 Å². The summed E-state index contributed by atoms with van der Waals surface area (Å²) >= 11 is 0. The standard InChI is InChI=1S/C22H36N6O11/c1-10(2)17(28-21(38)39-22(3,4)5)20(37)27-11(6-13(23)29)18(35)24-8-14(30)26-12(7-15(31)32)19(36)25-9-16(33)34/h10-12,17H,6-9H2,1-5H3,(H2,23,29)(H,24,35)(H,25,36)(H,26,30)(H,27,37)(H,28,38)(H,31,32)(H,33,34). The van der Waals surface area contributed by atoms with Gasteiger partial charge in [-0.2, -0.15) is 0 Å². The molecule has 0 aromatic rings. The minimum Gasteiger partial charge on any atom is -0.481 e. The minimum absolute atomic E-state index is 0.473. The van der Waals surface area contributed by atoms with E-state index in [1.807, 2.05) is 10.6 Å². The van der Waals surface area contributed by atoms with Crippen molar-refractivity contribution in [3.8, 4) is 0 Å². The van der Waals surface area contributed by atoms with E-state index in [0.29, 0.717) is 0 Å². The second-order valence-electron chi connectivity index (χ2n) is 9.65. The highest BCUT2D eigenvalue weighted by atomic mass is 16.6.